The molecule has 2 aromatic carbocycles. The number of hydroxylamine groups is 1. The number of ether oxygens (including phenoxy) is 1. The first-order chi connectivity index (χ1) is 12.5. The van der Waals surface area contributed by atoms with Gasteiger partial charge in [0.05, 0.1) is 17.6 Å². The molecule has 2 rings (SSSR count). The monoisotopic (exact) mass is 391 g/mol. The molecule has 7 heteroatoms. The predicted molar refractivity (Wildman–Crippen MR) is 103 cm³/mol. The molecule has 27 heavy (non-hydrogen) atoms. The molecule has 0 bridgehead atoms. The van der Waals surface area contributed by atoms with Gasteiger partial charge in [-0.1, -0.05) is 43.4 Å². The number of nitrogens with zero attached hydrogens (tertiary/aromatic N) is 1. The van der Waals surface area contributed by atoms with Gasteiger partial charge in [-0.05, 0) is 47.7 Å². The van der Waals surface area contributed by atoms with E-state index in [4.69, 9.17) is 9.57 Å². The Labute approximate surface area is 160 Å². The average Bonchev–Trinajstić information content (AvgIpc) is 2.61. The van der Waals surface area contributed by atoms with Crippen molar-refractivity contribution < 1.29 is 22.8 Å². The van der Waals surface area contributed by atoms with Crippen molar-refractivity contribution in [3.63, 3.8) is 0 Å². The Hall–Kier alpha value is -2.22. The Balaban J connectivity index is 2.29. The van der Waals surface area contributed by atoms with Crippen LogP contribution in [0.25, 0.3) is 0 Å². The summed E-state index contributed by atoms with van der Waals surface area (Å²) in [6.07, 6.45) is 0. The smallest absolute Gasteiger partial charge is 0.343 e. The van der Waals surface area contributed by atoms with E-state index in [1.165, 1.54) is 38.4 Å². The lowest BCUT2D eigenvalue weighted by Gasteiger charge is -2.20. The minimum absolute atomic E-state index is 0.0106. The normalized spacial score (nSPS) is 12.3. The van der Waals surface area contributed by atoms with E-state index < -0.39 is 16.0 Å². The van der Waals surface area contributed by atoms with Gasteiger partial charge in [-0.2, -0.15) is 0 Å². The van der Waals surface area contributed by atoms with Gasteiger partial charge in [-0.25, -0.2) is 13.2 Å². The van der Waals surface area contributed by atoms with Gasteiger partial charge in [0.25, 0.3) is 10.0 Å². The van der Waals surface area contributed by atoms with Crippen molar-refractivity contribution in [3.8, 4) is 5.75 Å². The van der Waals surface area contributed by atoms with Crippen LogP contribution in [0.3, 0.4) is 0 Å². The second kappa shape index (κ2) is 7.80. The van der Waals surface area contributed by atoms with Crippen molar-refractivity contribution in [2.45, 2.75) is 38.0 Å². The molecule has 0 saturated carbocycles. The van der Waals surface area contributed by atoms with Crippen molar-refractivity contribution in [3.05, 3.63) is 59.2 Å². The maximum absolute atomic E-state index is 12.5. The fraction of sp³-hybridized carbons (Fsp3) is 0.350. The third-order valence-electron chi connectivity index (χ3n) is 4.21. The molecule has 0 heterocycles. The van der Waals surface area contributed by atoms with Crippen LogP contribution in [-0.2, 0) is 20.3 Å². The van der Waals surface area contributed by atoms with Gasteiger partial charge in [-0.15, -0.1) is 0 Å². The summed E-state index contributed by atoms with van der Waals surface area (Å²) in [6.45, 7) is 8.19. The van der Waals surface area contributed by atoms with Crippen LogP contribution < -0.4 is 4.74 Å². The molecule has 2 aromatic rings. The zero-order chi connectivity index (χ0) is 20.4. The lowest BCUT2D eigenvalue weighted by atomic mass is 9.86. The molecule has 0 unspecified atom stereocenters. The van der Waals surface area contributed by atoms with Crippen LogP contribution in [0.2, 0.25) is 0 Å². The van der Waals surface area contributed by atoms with Crippen LogP contribution in [0.4, 0.5) is 0 Å². The first-order valence-electron chi connectivity index (χ1n) is 8.43. The lowest BCUT2D eigenvalue weighted by molar-refractivity contribution is -0.0258. The molecule has 0 atom stereocenters. The van der Waals surface area contributed by atoms with E-state index in [-0.39, 0.29) is 15.9 Å². The molecule has 0 aliphatic heterocycles. The highest BCUT2D eigenvalue weighted by Crippen LogP contribution is 2.28. The van der Waals surface area contributed by atoms with Gasteiger partial charge >= 0.3 is 5.97 Å². The maximum atomic E-state index is 12.5. The molecule has 0 saturated heterocycles. The number of aryl methyl sites for hydroxylation is 1. The summed E-state index contributed by atoms with van der Waals surface area (Å²) in [5.41, 5.74) is 2.10. The van der Waals surface area contributed by atoms with Gasteiger partial charge in [0, 0.05) is 7.05 Å². The summed E-state index contributed by atoms with van der Waals surface area (Å²) < 4.78 is 30.9. The highest BCUT2D eigenvalue weighted by molar-refractivity contribution is 7.89. The molecule has 146 valence electrons. The molecular weight excluding hydrogens is 366 g/mol. The van der Waals surface area contributed by atoms with Crippen LogP contribution in [0.5, 0.6) is 5.75 Å². The minimum atomic E-state index is -3.84. The van der Waals surface area contributed by atoms with Crippen molar-refractivity contribution in [1.29, 1.82) is 0 Å². The SMILES string of the molecule is CON(C)S(=O)(=O)c1cccc(C(=O)Oc2ccc(C(C)(C)C)cc2C)c1. The number of hydrogen-bond donors (Lipinski definition) is 0. The van der Waals surface area contributed by atoms with Crippen LogP contribution in [0, 0.1) is 6.92 Å². The fourth-order valence-electron chi connectivity index (χ4n) is 2.42. The van der Waals surface area contributed by atoms with Crippen molar-refractivity contribution in [2.24, 2.45) is 0 Å². The predicted octanol–water partition coefficient (Wildman–Crippen LogP) is 3.69. The highest BCUT2D eigenvalue weighted by atomic mass is 32.2. The fourth-order valence-corrected chi connectivity index (χ4v) is 3.44. The van der Waals surface area contributed by atoms with Gasteiger partial charge < -0.3 is 4.74 Å². The van der Waals surface area contributed by atoms with Gasteiger partial charge in [-0.3, -0.25) is 4.84 Å². The zero-order valence-electron chi connectivity index (χ0n) is 16.4. The van der Waals surface area contributed by atoms with Gasteiger partial charge in [0.1, 0.15) is 5.75 Å². The number of carbonyl (C=O) groups excluding carboxylic acids is 1. The topological polar surface area (TPSA) is 72.9 Å². The lowest BCUT2D eigenvalue weighted by Crippen LogP contribution is -2.26. The van der Waals surface area contributed by atoms with E-state index in [0.29, 0.717) is 5.75 Å². The minimum Gasteiger partial charge on any atom is -0.423 e. The van der Waals surface area contributed by atoms with E-state index in [0.717, 1.165) is 15.6 Å². The highest BCUT2D eigenvalue weighted by Gasteiger charge is 2.23. The van der Waals surface area contributed by atoms with Crippen molar-refractivity contribution >= 4 is 16.0 Å². The number of esters is 1. The molecule has 0 fully saturated rings. The van der Waals surface area contributed by atoms with Crippen molar-refractivity contribution in [2.75, 3.05) is 14.2 Å². The van der Waals surface area contributed by atoms with E-state index in [1.54, 1.807) is 6.07 Å². The third kappa shape index (κ3) is 4.74. The molecular formula is C20H25NO5S. The van der Waals surface area contributed by atoms with E-state index in [1.807, 2.05) is 19.1 Å². The second-order valence-corrected chi connectivity index (χ2v) is 9.18. The van der Waals surface area contributed by atoms with E-state index in [2.05, 4.69) is 20.8 Å². The number of hydrogen-bond acceptors (Lipinski definition) is 5. The molecule has 0 spiro atoms. The Morgan fingerprint density at radius 3 is 2.30 bits per heavy atom. The molecule has 0 aliphatic carbocycles. The number of benzene rings is 2. The van der Waals surface area contributed by atoms with Crippen LogP contribution in [0.1, 0.15) is 42.3 Å². The van der Waals surface area contributed by atoms with Gasteiger partial charge in [0.2, 0.25) is 0 Å². The number of sulfonamides is 1. The first-order valence-corrected chi connectivity index (χ1v) is 9.87. The molecule has 0 aromatic heterocycles. The standard InChI is InChI=1S/C20H25NO5S/c1-14-12-16(20(2,3)4)10-11-18(14)26-19(22)15-8-7-9-17(13-15)27(23,24)21(5)25-6/h7-13H,1-6H3. The third-order valence-corrected chi connectivity index (χ3v) is 5.88. The molecule has 0 aliphatic rings. The van der Waals surface area contributed by atoms with Crippen LogP contribution in [0.15, 0.2) is 47.4 Å². The Morgan fingerprint density at radius 2 is 1.74 bits per heavy atom. The average molecular weight is 391 g/mol. The summed E-state index contributed by atoms with van der Waals surface area (Å²) in [4.78, 5) is 17.2. The quantitative estimate of drug-likeness (QED) is 0.441. The summed E-state index contributed by atoms with van der Waals surface area (Å²) >= 11 is 0. The molecule has 0 N–H and O–H groups in total. The van der Waals surface area contributed by atoms with Crippen LogP contribution >= 0.6 is 0 Å². The van der Waals surface area contributed by atoms with Gasteiger partial charge in [0.15, 0.2) is 0 Å². The second-order valence-electron chi connectivity index (χ2n) is 7.24. The Bertz CT molecular complexity index is 945. The van der Waals surface area contributed by atoms with Crippen molar-refractivity contribution in [1.82, 2.24) is 4.47 Å². The molecule has 6 nitrogen and oxygen atoms in total. The largest absolute Gasteiger partial charge is 0.423 e. The summed E-state index contributed by atoms with van der Waals surface area (Å²) in [7, 11) is -1.32. The van der Waals surface area contributed by atoms with E-state index >= 15 is 0 Å². The Kier molecular flexibility index (Phi) is 6.09. The van der Waals surface area contributed by atoms with E-state index in [9.17, 15) is 13.2 Å². The van der Waals surface area contributed by atoms with Crippen LogP contribution in [-0.4, -0.2) is 33.0 Å². The summed E-state index contributed by atoms with van der Waals surface area (Å²) in [6, 6.07) is 11.3. The zero-order valence-corrected chi connectivity index (χ0v) is 17.3. The maximum Gasteiger partial charge on any atom is 0.343 e. The summed E-state index contributed by atoms with van der Waals surface area (Å²) in [5, 5.41) is 0. The molecule has 0 amide bonds. The number of carbonyl (C=O) groups is 1. The first kappa shape index (κ1) is 21.1. The molecule has 0 radical (unpaired) electrons. The summed E-state index contributed by atoms with van der Waals surface area (Å²) in [5.74, 6) is -0.186. The Morgan fingerprint density at radius 1 is 1.07 bits per heavy atom. The number of rotatable bonds is 5.